The van der Waals surface area contributed by atoms with Crippen LogP contribution < -0.4 is 0 Å². The first-order valence-corrected chi connectivity index (χ1v) is 4.16. The fourth-order valence-corrected chi connectivity index (χ4v) is 1.21. The summed E-state index contributed by atoms with van der Waals surface area (Å²) in [7, 11) is 0. The number of hydrogen-bond acceptors (Lipinski definition) is 2. The number of aryl methyl sites for hydroxylation is 2. The molecule has 1 heterocycles. The summed E-state index contributed by atoms with van der Waals surface area (Å²) in [6, 6.07) is 4.04. The van der Waals surface area contributed by atoms with E-state index in [2.05, 4.69) is 11.9 Å². The Morgan fingerprint density at radius 2 is 2.25 bits per heavy atom. The Balaban J connectivity index is 2.97. The first kappa shape index (κ1) is 8.91. The average molecular weight is 163 g/mol. The highest BCUT2D eigenvalue weighted by Gasteiger charge is 1.97. The van der Waals surface area contributed by atoms with Crippen LogP contribution in [0.15, 0.2) is 12.1 Å². The van der Waals surface area contributed by atoms with Gasteiger partial charge in [-0.1, -0.05) is 6.92 Å². The van der Waals surface area contributed by atoms with Crippen molar-refractivity contribution in [1.29, 1.82) is 0 Å². The molecule has 0 saturated carbocycles. The number of aldehydes is 1. The summed E-state index contributed by atoms with van der Waals surface area (Å²) < 4.78 is 0. The second-order valence-corrected chi connectivity index (χ2v) is 2.83. The van der Waals surface area contributed by atoms with Gasteiger partial charge in [0.15, 0.2) is 0 Å². The van der Waals surface area contributed by atoms with Gasteiger partial charge in [-0.15, -0.1) is 0 Å². The van der Waals surface area contributed by atoms with E-state index in [4.69, 9.17) is 0 Å². The van der Waals surface area contributed by atoms with Crippen LogP contribution in [-0.4, -0.2) is 11.3 Å². The molecule has 0 amide bonds. The Hall–Kier alpha value is -1.18. The molecule has 0 aliphatic rings. The number of carbonyl (C=O) groups is 1. The SMILES string of the molecule is CCc1cc(C)nc(CC=O)c1. The molecule has 0 bridgehead atoms. The highest BCUT2D eigenvalue weighted by atomic mass is 16.1. The summed E-state index contributed by atoms with van der Waals surface area (Å²) in [5, 5.41) is 0. The first-order chi connectivity index (χ1) is 5.76. The molecule has 2 heteroatoms. The predicted molar refractivity (Wildman–Crippen MR) is 48.1 cm³/mol. The van der Waals surface area contributed by atoms with Crippen LogP contribution in [0.3, 0.4) is 0 Å². The van der Waals surface area contributed by atoms with Gasteiger partial charge in [-0.3, -0.25) is 4.98 Å². The van der Waals surface area contributed by atoms with E-state index in [-0.39, 0.29) is 0 Å². The largest absolute Gasteiger partial charge is 0.303 e. The molecule has 0 fully saturated rings. The van der Waals surface area contributed by atoms with Gasteiger partial charge in [0.25, 0.3) is 0 Å². The van der Waals surface area contributed by atoms with E-state index in [1.54, 1.807) is 0 Å². The lowest BCUT2D eigenvalue weighted by molar-refractivity contribution is -0.107. The lowest BCUT2D eigenvalue weighted by atomic mass is 10.1. The quantitative estimate of drug-likeness (QED) is 0.635. The summed E-state index contributed by atoms with van der Waals surface area (Å²) in [5.41, 5.74) is 3.12. The van der Waals surface area contributed by atoms with Gasteiger partial charge in [-0.05, 0) is 31.0 Å². The molecular formula is C10H13NO. The number of nitrogens with zero attached hydrogens (tertiary/aromatic N) is 1. The van der Waals surface area contributed by atoms with Crippen LogP contribution in [0.25, 0.3) is 0 Å². The maximum absolute atomic E-state index is 10.2. The Bertz CT molecular complexity index is 281. The number of rotatable bonds is 3. The molecule has 1 rings (SSSR count). The van der Waals surface area contributed by atoms with Crippen LogP contribution in [0.1, 0.15) is 23.9 Å². The molecule has 2 nitrogen and oxygen atoms in total. The third-order valence-electron chi connectivity index (χ3n) is 1.77. The standard InChI is InChI=1S/C10H13NO/c1-3-9-6-8(2)11-10(7-9)4-5-12/h5-7H,3-4H2,1-2H3. The number of carbonyl (C=O) groups excluding carboxylic acids is 1. The van der Waals surface area contributed by atoms with Gasteiger partial charge < -0.3 is 4.79 Å². The zero-order valence-electron chi connectivity index (χ0n) is 7.50. The fraction of sp³-hybridized carbons (Fsp3) is 0.400. The monoisotopic (exact) mass is 163 g/mol. The van der Waals surface area contributed by atoms with Gasteiger partial charge in [0.1, 0.15) is 6.29 Å². The minimum absolute atomic E-state index is 0.425. The van der Waals surface area contributed by atoms with Gasteiger partial charge in [-0.25, -0.2) is 0 Å². The third kappa shape index (κ3) is 2.16. The van der Waals surface area contributed by atoms with Crippen molar-refractivity contribution in [2.45, 2.75) is 26.7 Å². The molecule has 12 heavy (non-hydrogen) atoms. The molecule has 0 atom stereocenters. The molecule has 1 aromatic heterocycles. The van der Waals surface area contributed by atoms with E-state index in [1.165, 1.54) is 5.56 Å². The maximum atomic E-state index is 10.2. The summed E-state index contributed by atoms with van der Waals surface area (Å²) in [6.45, 7) is 4.05. The van der Waals surface area contributed by atoms with Crippen molar-refractivity contribution >= 4 is 6.29 Å². The molecule has 0 aromatic carbocycles. The van der Waals surface area contributed by atoms with E-state index in [0.29, 0.717) is 6.42 Å². The van der Waals surface area contributed by atoms with Crippen molar-refractivity contribution in [3.8, 4) is 0 Å². The lowest BCUT2D eigenvalue weighted by Gasteiger charge is -2.01. The Morgan fingerprint density at radius 1 is 1.50 bits per heavy atom. The molecular weight excluding hydrogens is 150 g/mol. The molecule has 0 N–H and O–H groups in total. The Kier molecular flexibility index (Phi) is 2.97. The molecule has 64 valence electrons. The van der Waals surface area contributed by atoms with Crippen molar-refractivity contribution in [2.24, 2.45) is 0 Å². The van der Waals surface area contributed by atoms with Crippen LogP contribution in [0.4, 0.5) is 0 Å². The molecule has 0 aliphatic carbocycles. The normalized spacial score (nSPS) is 9.83. The molecule has 0 unspecified atom stereocenters. The van der Waals surface area contributed by atoms with Crippen molar-refractivity contribution in [3.05, 3.63) is 29.1 Å². The van der Waals surface area contributed by atoms with E-state index in [0.717, 1.165) is 24.1 Å². The second-order valence-electron chi connectivity index (χ2n) is 2.83. The first-order valence-electron chi connectivity index (χ1n) is 4.16. The Morgan fingerprint density at radius 3 is 2.83 bits per heavy atom. The summed E-state index contributed by atoms with van der Waals surface area (Å²) >= 11 is 0. The van der Waals surface area contributed by atoms with Gasteiger partial charge in [-0.2, -0.15) is 0 Å². The highest BCUT2D eigenvalue weighted by Crippen LogP contribution is 2.06. The van der Waals surface area contributed by atoms with Gasteiger partial charge in [0, 0.05) is 17.8 Å². The van der Waals surface area contributed by atoms with E-state index < -0.39 is 0 Å². The maximum Gasteiger partial charge on any atom is 0.125 e. The smallest absolute Gasteiger partial charge is 0.125 e. The van der Waals surface area contributed by atoms with Crippen molar-refractivity contribution in [3.63, 3.8) is 0 Å². The van der Waals surface area contributed by atoms with E-state index in [1.807, 2.05) is 19.1 Å². The minimum Gasteiger partial charge on any atom is -0.303 e. The minimum atomic E-state index is 0.425. The van der Waals surface area contributed by atoms with Gasteiger partial charge in [0.2, 0.25) is 0 Å². The van der Waals surface area contributed by atoms with E-state index >= 15 is 0 Å². The molecule has 0 radical (unpaired) electrons. The van der Waals surface area contributed by atoms with Crippen molar-refractivity contribution < 1.29 is 4.79 Å². The fourth-order valence-electron chi connectivity index (χ4n) is 1.21. The summed E-state index contributed by atoms with van der Waals surface area (Å²) in [6.07, 6.45) is 2.31. The zero-order chi connectivity index (χ0) is 8.97. The topological polar surface area (TPSA) is 30.0 Å². The van der Waals surface area contributed by atoms with Gasteiger partial charge >= 0.3 is 0 Å². The molecule has 0 spiro atoms. The van der Waals surface area contributed by atoms with Crippen LogP contribution in [0, 0.1) is 6.92 Å². The summed E-state index contributed by atoms with van der Waals surface area (Å²) in [5.74, 6) is 0. The zero-order valence-corrected chi connectivity index (χ0v) is 7.50. The number of pyridine rings is 1. The van der Waals surface area contributed by atoms with Crippen LogP contribution in [-0.2, 0) is 17.6 Å². The third-order valence-corrected chi connectivity index (χ3v) is 1.77. The van der Waals surface area contributed by atoms with E-state index in [9.17, 15) is 4.79 Å². The highest BCUT2D eigenvalue weighted by molar-refractivity contribution is 5.53. The Labute approximate surface area is 72.6 Å². The predicted octanol–water partition coefficient (Wildman–Crippen LogP) is 1.69. The molecule has 1 aromatic rings. The number of aromatic nitrogens is 1. The van der Waals surface area contributed by atoms with Crippen molar-refractivity contribution in [2.75, 3.05) is 0 Å². The number of hydrogen-bond donors (Lipinski definition) is 0. The van der Waals surface area contributed by atoms with Crippen LogP contribution >= 0.6 is 0 Å². The van der Waals surface area contributed by atoms with Crippen LogP contribution in [0.2, 0.25) is 0 Å². The second kappa shape index (κ2) is 4.00. The van der Waals surface area contributed by atoms with Crippen LogP contribution in [0.5, 0.6) is 0 Å². The van der Waals surface area contributed by atoms with Gasteiger partial charge in [0.05, 0.1) is 0 Å². The molecule has 0 saturated heterocycles. The summed E-state index contributed by atoms with van der Waals surface area (Å²) in [4.78, 5) is 14.5. The average Bonchev–Trinajstić information content (AvgIpc) is 2.04. The molecule has 0 aliphatic heterocycles. The van der Waals surface area contributed by atoms with Crippen molar-refractivity contribution in [1.82, 2.24) is 4.98 Å². The lowest BCUT2D eigenvalue weighted by Crippen LogP contribution is -1.95.